The van der Waals surface area contributed by atoms with Gasteiger partial charge < -0.3 is 19.5 Å². The molecule has 1 aliphatic rings. The van der Waals surface area contributed by atoms with E-state index in [4.69, 9.17) is 17.0 Å². The third kappa shape index (κ3) is 4.20. The lowest BCUT2D eigenvalue weighted by Gasteiger charge is -2.28. The van der Waals surface area contributed by atoms with E-state index in [0.29, 0.717) is 6.61 Å². The van der Waals surface area contributed by atoms with Gasteiger partial charge in [-0.3, -0.25) is 4.98 Å². The van der Waals surface area contributed by atoms with Crippen molar-refractivity contribution in [3.63, 3.8) is 0 Å². The van der Waals surface area contributed by atoms with Gasteiger partial charge in [0.2, 0.25) is 0 Å². The monoisotopic (exact) mass is 438 g/mol. The first-order valence-corrected chi connectivity index (χ1v) is 10.8. The van der Waals surface area contributed by atoms with E-state index in [0.717, 1.165) is 40.8 Å². The minimum Gasteiger partial charge on any atom is -0.385 e. The first kappa shape index (κ1) is 21.5. The van der Waals surface area contributed by atoms with Crippen molar-refractivity contribution < 1.29 is 9.13 Å². The largest absolute Gasteiger partial charge is 0.385 e. The van der Waals surface area contributed by atoms with E-state index in [1.807, 2.05) is 36.5 Å². The lowest BCUT2D eigenvalue weighted by molar-refractivity contribution is 0.180. The minimum atomic E-state index is -0.240. The quantitative estimate of drug-likeness (QED) is 0.430. The minimum absolute atomic E-state index is 0.000320. The Morgan fingerprint density at radius 2 is 1.94 bits per heavy atom. The van der Waals surface area contributed by atoms with Crippen LogP contribution in [0.5, 0.6) is 0 Å². The summed E-state index contributed by atoms with van der Waals surface area (Å²) in [5.41, 5.74) is 5.28. The fraction of sp³-hybridized carbons (Fsp3) is 0.333. The number of pyridine rings is 1. The highest BCUT2D eigenvalue weighted by Crippen LogP contribution is 2.41. The van der Waals surface area contributed by atoms with Crippen LogP contribution < -0.4 is 5.32 Å². The van der Waals surface area contributed by atoms with Crippen LogP contribution in [0.15, 0.2) is 54.7 Å². The highest BCUT2D eigenvalue weighted by Gasteiger charge is 2.41. The van der Waals surface area contributed by atoms with Gasteiger partial charge in [-0.25, -0.2) is 4.39 Å². The molecule has 7 heteroatoms. The van der Waals surface area contributed by atoms with E-state index in [2.05, 4.69) is 39.7 Å². The van der Waals surface area contributed by atoms with Gasteiger partial charge in [0.1, 0.15) is 5.82 Å². The Kier molecular flexibility index (Phi) is 6.34. The van der Waals surface area contributed by atoms with Gasteiger partial charge in [-0.1, -0.05) is 6.07 Å². The molecule has 4 rings (SSSR count). The smallest absolute Gasteiger partial charge is 0.170 e. The highest BCUT2D eigenvalue weighted by molar-refractivity contribution is 7.80. The Morgan fingerprint density at radius 3 is 2.61 bits per heavy atom. The standard InChI is InChI=1S/C24H27FN4OS/c1-16-15-20(17(2)29(16)19-10-8-18(25)9-11-19)23-22(21-7-4-5-12-26-21)27-24(31)28(23)13-6-14-30-3/h4-5,7-12,15,22-23H,6,13-14H2,1-3H3,(H,27,31)/t22-,23-/m1/s1. The Hall–Kier alpha value is -2.77. The van der Waals surface area contributed by atoms with Crippen molar-refractivity contribution in [2.75, 3.05) is 20.3 Å². The highest BCUT2D eigenvalue weighted by atomic mass is 32.1. The van der Waals surface area contributed by atoms with Gasteiger partial charge in [-0.05, 0) is 80.5 Å². The second-order valence-electron chi connectivity index (χ2n) is 7.80. The maximum absolute atomic E-state index is 13.5. The summed E-state index contributed by atoms with van der Waals surface area (Å²) in [6.45, 7) is 5.64. The van der Waals surface area contributed by atoms with Gasteiger partial charge >= 0.3 is 0 Å². The fourth-order valence-electron chi connectivity index (χ4n) is 4.44. The molecule has 0 unspecified atom stereocenters. The molecule has 1 aromatic carbocycles. The lowest BCUT2D eigenvalue weighted by Crippen LogP contribution is -2.31. The number of ether oxygens (including phenoxy) is 1. The number of nitrogens with zero attached hydrogens (tertiary/aromatic N) is 3. The SMILES string of the molecule is COCCCN1C(=S)N[C@H](c2ccccn2)[C@H]1c1cc(C)n(-c2ccc(F)cc2)c1C. The molecule has 1 N–H and O–H groups in total. The van der Waals surface area contributed by atoms with Crippen LogP contribution in [0.4, 0.5) is 4.39 Å². The molecule has 0 spiro atoms. The molecule has 1 saturated heterocycles. The summed E-state index contributed by atoms with van der Waals surface area (Å²) in [5, 5.41) is 4.22. The zero-order valence-electron chi connectivity index (χ0n) is 18.0. The van der Waals surface area contributed by atoms with Crippen LogP contribution in [0, 0.1) is 19.7 Å². The summed E-state index contributed by atoms with van der Waals surface area (Å²) >= 11 is 5.73. The van der Waals surface area contributed by atoms with E-state index >= 15 is 0 Å². The molecule has 0 bridgehead atoms. The number of benzene rings is 1. The average Bonchev–Trinajstić information content (AvgIpc) is 3.25. The number of halogens is 1. The molecule has 1 fully saturated rings. The van der Waals surface area contributed by atoms with Gasteiger partial charge in [0.15, 0.2) is 5.11 Å². The predicted octanol–water partition coefficient (Wildman–Crippen LogP) is 4.64. The summed E-state index contributed by atoms with van der Waals surface area (Å²) in [4.78, 5) is 6.85. The van der Waals surface area contributed by atoms with Gasteiger partial charge in [0, 0.05) is 43.5 Å². The van der Waals surface area contributed by atoms with Crippen LogP contribution in [0.1, 0.15) is 41.1 Å². The van der Waals surface area contributed by atoms with Crippen LogP contribution in [0.3, 0.4) is 0 Å². The predicted molar refractivity (Wildman–Crippen MR) is 124 cm³/mol. The molecular formula is C24H27FN4OS. The van der Waals surface area contributed by atoms with Crippen LogP contribution in [-0.4, -0.2) is 39.8 Å². The Balaban J connectivity index is 1.78. The lowest BCUT2D eigenvalue weighted by atomic mass is 9.96. The molecule has 3 aromatic rings. The fourth-order valence-corrected chi connectivity index (χ4v) is 4.77. The Labute approximate surface area is 187 Å². The topological polar surface area (TPSA) is 42.3 Å². The van der Waals surface area contributed by atoms with E-state index in [1.165, 1.54) is 17.7 Å². The number of thiocarbonyl (C=S) groups is 1. The Morgan fingerprint density at radius 1 is 1.16 bits per heavy atom. The Bertz CT molecular complexity index is 1050. The average molecular weight is 439 g/mol. The van der Waals surface area contributed by atoms with Crippen molar-refractivity contribution in [3.8, 4) is 5.69 Å². The van der Waals surface area contributed by atoms with Crippen LogP contribution in [0.25, 0.3) is 5.69 Å². The maximum Gasteiger partial charge on any atom is 0.170 e. The van der Waals surface area contributed by atoms with Gasteiger partial charge in [0.25, 0.3) is 0 Å². The summed E-state index contributed by atoms with van der Waals surface area (Å²) < 4.78 is 20.9. The number of rotatable bonds is 7. The molecule has 5 nitrogen and oxygen atoms in total. The van der Waals surface area contributed by atoms with Gasteiger partial charge in [-0.2, -0.15) is 0 Å². The number of hydrogen-bond acceptors (Lipinski definition) is 3. The molecule has 1 aliphatic heterocycles. The van der Waals surface area contributed by atoms with Crippen LogP contribution in [0.2, 0.25) is 0 Å². The normalized spacial score (nSPS) is 18.5. The molecule has 0 amide bonds. The van der Waals surface area contributed by atoms with Gasteiger partial charge in [0.05, 0.1) is 17.8 Å². The maximum atomic E-state index is 13.5. The van der Waals surface area contributed by atoms with E-state index in [1.54, 1.807) is 7.11 Å². The molecule has 0 saturated carbocycles. The van der Waals surface area contributed by atoms with E-state index in [9.17, 15) is 4.39 Å². The van der Waals surface area contributed by atoms with Crippen molar-refractivity contribution in [1.82, 2.24) is 19.8 Å². The summed E-state index contributed by atoms with van der Waals surface area (Å²) in [7, 11) is 1.71. The van der Waals surface area contributed by atoms with Crippen LogP contribution in [-0.2, 0) is 4.74 Å². The van der Waals surface area contributed by atoms with E-state index < -0.39 is 0 Å². The number of aryl methyl sites for hydroxylation is 1. The third-order valence-corrected chi connectivity index (χ3v) is 6.17. The second-order valence-corrected chi connectivity index (χ2v) is 8.19. The molecule has 2 atom stereocenters. The molecule has 162 valence electrons. The van der Waals surface area contributed by atoms with Gasteiger partial charge in [-0.15, -0.1) is 0 Å². The van der Waals surface area contributed by atoms with Crippen molar-refractivity contribution in [3.05, 3.63) is 83.2 Å². The zero-order valence-corrected chi connectivity index (χ0v) is 18.8. The zero-order chi connectivity index (χ0) is 22.0. The molecule has 31 heavy (non-hydrogen) atoms. The first-order valence-electron chi connectivity index (χ1n) is 10.4. The third-order valence-electron chi connectivity index (χ3n) is 5.82. The second kappa shape index (κ2) is 9.16. The molecular weight excluding hydrogens is 411 g/mol. The molecule has 0 radical (unpaired) electrons. The summed E-state index contributed by atoms with van der Waals surface area (Å²) in [5.74, 6) is -0.240. The molecule has 0 aliphatic carbocycles. The number of aromatic nitrogens is 2. The number of nitrogens with one attached hydrogen (secondary N) is 1. The van der Waals surface area contributed by atoms with Crippen LogP contribution >= 0.6 is 12.2 Å². The van der Waals surface area contributed by atoms with Crippen molar-refractivity contribution >= 4 is 17.3 Å². The molecule has 2 aromatic heterocycles. The van der Waals surface area contributed by atoms with Crippen molar-refractivity contribution in [2.24, 2.45) is 0 Å². The van der Waals surface area contributed by atoms with Crippen molar-refractivity contribution in [2.45, 2.75) is 32.4 Å². The summed E-state index contributed by atoms with van der Waals surface area (Å²) in [6.07, 6.45) is 2.69. The van der Waals surface area contributed by atoms with E-state index in [-0.39, 0.29) is 17.9 Å². The molecule has 3 heterocycles. The summed E-state index contributed by atoms with van der Waals surface area (Å²) in [6, 6.07) is 14.7. The number of methoxy groups -OCH3 is 1. The van der Waals surface area contributed by atoms with Crippen molar-refractivity contribution in [1.29, 1.82) is 0 Å². The first-order chi connectivity index (χ1) is 15.0. The number of hydrogen-bond donors (Lipinski definition) is 1.